The summed E-state index contributed by atoms with van der Waals surface area (Å²) in [5.74, 6) is -0.496. The molecule has 0 radical (unpaired) electrons. The largest absolute Gasteiger partial charge is 0.390 e. The number of halogens is 2. The van der Waals surface area contributed by atoms with Crippen molar-refractivity contribution in [1.29, 1.82) is 0 Å². The summed E-state index contributed by atoms with van der Waals surface area (Å²) in [4.78, 5) is 38.4. The standard InChI is InChI=1S/C18H19Cl2N3O5/c1-2-9-8-23(18(27)22-16(9)25)14-6-12(24)13(28-14)7-21-17(26)15-10(19)4-3-5-11(15)20/h3-5,8,12-14,24H,2,6-7H2,1H3,(H,21,26)(H,22,25,27)/t12-,13+,14+/m0/s1. The molecule has 0 aliphatic carbocycles. The maximum absolute atomic E-state index is 12.4. The Labute approximate surface area is 170 Å². The first-order valence-corrected chi connectivity index (χ1v) is 9.47. The zero-order valence-corrected chi connectivity index (χ0v) is 16.5. The predicted octanol–water partition coefficient (Wildman–Crippen LogP) is 1.48. The second-order valence-corrected chi connectivity index (χ2v) is 7.23. The van der Waals surface area contributed by atoms with Crippen LogP contribution in [0.25, 0.3) is 0 Å². The molecule has 3 atom stereocenters. The number of nitrogens with zero attached hydrogens (tertiary/aromatic N) is 1. The number of aryl methyl sites for hydroxylation is 1. The van der Waals surface area contributed by atoms with Gasteiger partial charge in [0.2, 0.25) is 0 Å². The van der Waals surface area contributed by atoms with Gasteiger partial charge < -0.3 is 15.2 Å². The number of hydrogen-bond donors (Lipinski definition) is 3. The number of aliphatic hydroxyl groups excluding tert-OH is 1. The molecule has 1 aromatic carbocycles. The highest BCUT2D eigenvalue weighted by Gasteiger charge is 2.36. The highest BCUT2D eigenvalue weighted by Crippen LogP contribution is 2.28. The van der Waals surface area contributed by atoms with E-state index >= 15 is 0 Å². The van der Waals surface area contributed by atoms with E-state index < -0.39 is 35.6 Å². The van der Waals surface area contributed by atoms with E-state index in [1.165, 1.54) is 10.8 Å². The quantitative estimate of drug-likeness (QED) is 0.668. The average molecular weight is 428 g/mol. The number of benzene rings is 1. The van der Waals surface area contributed by atoms with Gasteiger partial charge in [0.15, 0.2) is 0 Å². The van der Waals surface area contributed by atoms with Gasteiger partial charge in [-0.05, 0) is 18.6 Å². The van der Waals surface area contributed by atoms with Gasteiger partial charge in [-0.1, -0.05) is 36.2 Å². The van der Waals surface area contributed by atoms with Gasteiger partial charge in [0.25, 0.3) is 11.5 Å². The molecule has 2 heterocycles. The Morgan fingerprint density at radius 3 is 2.68 bits per heavy atom. The lowest BCUT2D eigenvalue weighted by Crippen LogP contribution is -2.37. The molecule has 28 heavy (non-hydrogen) atoms. The van der Waals surface area contributed by atoms with Gasteiger partial charge in [-0.2, -0.15) is 0 Å². The second kappa shape index (κ2) is 8.48. The Hall–Kier alpha value is -2.13. The van der Waals surface area contributed by atoms with Crippen LogP contribution in [0.15, 0.2) is 34.0 Å². The van der Waals surface area contributed by atoms with Gasteiger partial charge in [0.1, 0.15) is 12.3 Å². The molecule has 150 valence electrons. The Morgan fingerprint density at radius 2 is 2.04 bits per heavy atom. The molecule has 8 nitrogen and oxygen atoms in total. The Morgan fingerprint density at radius 1 is 1.36 bits per heavy atom. The summed E-state index contributed by atoms with van der Waals surface area (Å²) in [6.45, 7) is 1.79. The van der Waals surface area contributed by atoms with Crippen LogP contribution in [0.4, 0.5) is 0 Å². The highest BCUT2D eigenvalue weighted by molar-refractivity contribution is 6.39. The number of aliphatic hydroxyl groups is 1. The van der Waals surface area contributed by atoms with Crippen LogP contribution in [0.2, 0.25) is 10.0 Å². The van der Waals surface area contributed by atoms with E-state index in [4.69, 9.17) is 27.9 Å². The first-order chi connectivity index (χ1) is 13.3. The number of H-pyrrole nitrogens is 1. The van der Waals surface area contributed by atoms with E-state index in [1.807, 2.05) is 0 Å². The van der Waals surface area contributed by atoms with Gasteiger partial charge in [-0.25, -0.2) is 4.79 Å². The van der Waals surface area contributed by atoms with Crippen molar-refractivity contribution in [1.82, 2.24) is 14.9 Å². The summed E-state index contributed by atoms with van der Waals surface area (Å²) in [6, 6.07) is 4.72. The summed E-state index contributed by atoms with van der Waals surface area (Å²) >= 11 is 12.0. The van der Waals surface area contributed by atoms with E-state index in [9.17, 15) is 19.5 Å². The molecular formula is C18H19Cl2N3O5. The molecule has 0 spiro atoms. The Balaban J connectivity index is 1.70. The SMILES string of the molecule is CCc1cn([C@H]2C[C@H](O)[C@@H](CNC(=O)c3c(Cl)cccc3Cl)O2)c(=O)[nH]c1=O. The summed E-state index contributed by atoms with van der Waals surface area (Å²) in [5.41, 5.74) is -0.489. The average Bonchev–Trinajstić information content (AvgIpc) is 3.00. The van der Waals surface area contributed by atoms with Gasteiger partial charge in [-0.3, -0.25) is 19.1 Å². The van der Waals surface area contributed by atoms with Crippen molar-refractivity contribution in [2.24, 2.45) is 0 Å². The topological polar surface area (TPSA) is 113 Å². The van der Waals surface area contributed by atoms with Crippen molar-refractivity contribution in [2.75, 3.05) is 6.54 Å². The highest BCUT2D eigenvalue weighted by atomic mass is 35.5. The van der Waals surface area contributed by atoms with Gasteiger partial charge in [0, 0.05) is 24.7 Å². The molecule has 10 heteroatoms. The fourth-order valence-corrected chi connectivity index (χ4v) is 3.63. The summed E-state index contributed by atoms with van der Waals surface area (Å²) in [6.07, 6.45) is -0.375. The normalized spacial score (nSPS) is 21.6. The van der Waals surface area contributed by atoms with Crippen molar-refractivity contribution in [3.8, 4) is 0 Å². The molecule has 1 amide bonds. The van der Waals surface area contributed by atoms with Crippen molar-refractivity contribution in [3.63, 3.8) is 0 Å². The molecule has 3 rings (SSSR count). The van der Waals surface area contributed by atoms with Crippen LogP contribution in [0.3, 0.4) is 0 Å². The van der Waals surface area contributed by atoms with E-state index in [2.05, 4.69) is 10.3 Å². The molecule has 1 fully saturated rings. The van der Waals surface area contributed by atoms with Crippen LogP contribution in [0.1, 0.15) is 35.5 Å². The molecule has 1 saturated heterocycles. The van der Waals surface area contributed by atoms with Crippen LogP contribution in [0.5, 0.6) is 0 Å². The summed E-state index contributed by atoms with van der Waals surface area (Å²) in [7, 11) is 0. The third-order valence-electron chi connectivity index (χ3n) is 4.59. The number of carbonyl (C=O) groups is 1. The molecule has 0 unspecified atom stereocenters. The van der Waals surface area contributed by atoms with Crippen molar-refractivity contribution in [3.05, 3.63) is 66.4 Å². The summed E-state index contributed by atoms with van der Waals surface area (Å²) < 4.78 is 6.98. The van der Waals surface area contributed by atoms with Crippen LogP contribution in [0, 0.1) is 0 Å². The van der Waals surface area contributed by atoms with Gasteiger partial charge in [0.05, 0.1) is 21.7 Å². The Bertz CT molecular complexity index is 983. The van der Waals surface area contributed by atoms with Crippen LogP contribution in [-0.2, 0) is 11.2 Å². The molecule has 2 aromatic rings. The maximum Gasteiger partial charge on any atom is 0.330 e. The zero-order valence-electron chi connectivity index (χ0n) is 14.9. The number of amides is 1. The number of hydrogen-bond acceptors (Lipinski definition) is 5. The monoisotopic (exact) mass is 427 g/mol. The molecule has 1 aliphatic heterocycles. The van der Waals surface area contributed by atoms with E-state index in [0.29, 0.717) is 12.0 Å². The minimum absolute atomic E-state index is 0.00318. The number of nitrogens with one attached hydrogen (secondary N) is 2. The minimum atomic E-state index is -0.907. The zero-order chi connectivity index (χ0) is 20.4. The molecule has 0 saturated carbocycles. The first kappa shape index (κ1) is 20.6. The second-order valence-electron chi connectivity index (χ2n) is 6.41. The number of aromatic amines is 1. The molecule has 1 aromatic heterocycles. The van der Waals surface area contributed by atoms with Crippen molar-refractivity contribution in [2.45, 2.75) is 38.2 Å². The third-order valence-corrected chi connectivity index (χ3v) is 5.22. The molecule has 3 N–H and O–H groups in total. The summed E-state index contributed by atoms with van der Waals surface area (Å²) in [5, 5.41) is 13.3. The van der Waals surface area contributed by atoms with Gasteiger partial charge in [-0.15, -0.1) is 0 Å². The fourth-order valence-electron chi connectivity index (χ4n) is 3.06. The lowest BCUT2D eigenvalue weighted by molar-refractivity contribution is -0.0187. The van der Waals surface area contributed by atoms with Crippen LogP contribution in [-0.4, -0.2) is 39.3 Å². The molecule has 1 aliphatic rings. The lowest BCUT2D eigenvalue weighted by Gasteiger charge is -2.17. The van der Waals surface area contributed by atoms with Crippen LogP contribution >= 0.6 is 23.2 Å². The predicted molar refractivity (Wildman–Crippen MR) is 104 cm³/mol. The van der Waals surface area contributed by atoms with E-state index in [0.717, 1.165) is 0 Å². The molecular weight excluding hydrogens is 409 g/mol. The number of aromatic nitrogens is 2. The van der Waals surface area contributed by atoms with Crippen LogP contribution < -0.4 is 16.6 Å². The molecule has 0 bridgehead atoms. The first-order valence-electron chi connectivity index (χ1n) is 8.71. The van der Waals surface area contributed by atoms with Crippen molar-refractivity contribution >= 4 is 29.1 Å². The van der Waals surface area contributed by atoms with Gasteiger partial charge >= 0.3 is 5.69 Å². The van der Waals surface area contributed by atoms with Crippen molar-refractivity contribution < 1.29 is 14.6 Å². The van der Waals surface area contributed by atoms with E-state index in [1.54, 1.807) is 25.1 Å². The fraction of sp³-hybridized carbons (Fsp3) is 0.389. The lowest BCUT2D eigenvalue weighted by atomic mass is 10.1. The third kappa shape index (κ3) is 4.15. The smallest absolute Gasteiger partial charge is 0.330 e. The minimum Gasteiger partial charge on any atom is -0.390 e. The number of rotatable bonds is 5. The number of ether oxygens (including phenoxy) is 1. The Kier molecular flexibility index (Phi) is 6.24. The van der Waals surface area contributed by atoms with E-state index in [-0.39, 0.29) is 28.6 Å². The maximum atomic E-state index is 12.4. The number of carbonyl (C=O) groups excluding carboxylic acids is 1.